The molecule has 0 rings (SSSR count). The van der Waals surface area contributed by atoms with Crippen LogP contribution >= 0.6 is 7.82 Å². The van der Waals surface area contributed by atoms with Crippen molar-refractivity contribution in [2.75, 3.05) is 40.9 Å². The zero-order valence-electron chi connectivity index (χ0n) is 53.7. The molecule has 0 aliphatic carbocycles. The van der Waals surface area contributed by atoms with E-state index in [2.05, 4.69) is 141 Å². The highest BCUT2D eigenvalue weighted by Gasteiger charge is 2.27. The number of nitrogens with zero attached hydrogens (tertiary/aromatic N) is 1. The Morgan fingerprint density at radius 3 is 1.12 bits per heavy atom. The van der Waals surface area contributed by atoms with Gasteiger partial charge in [0.25, 0.3) is 0 Å². The molecule has 1 amide bonds. The fraction of sp³-hybridized carbons (Fsp3) is 0.685. The summed E-state index contributed by atoms with van der Waals surface area (Å²) < 4.78 is 23.8. The zero-order chi connectivity index (χ0) is 59.8. The molecule has 470 valence electrons. The van der Waals surface area contributed by atoms with Gasteiger partial charge in [0.2, 0.25) is 5.91 Å². The number of aliphatic hydroxyl groups is 1. The molecule has 0 radical (unpaired) electrons. The third kappa shape index (κ3) is 64.2. The smallest absolute Gasteiger partial charge is 0.387 e. The number of unbranched alkanes of at least 4 members (excludes halogenated alkanes) is 27. The Morgan fingerprint density at radius 1 is 0.427 bits per heavy atom. The van der Waals surface area contributed by atoms with Crippen LogP contribution in [0.5, 0.6) is 0 Å². The van der Waals surface area contributed by atoms with E-state index >= 15 is 0 Å². The summed E-state index contributed by atoms with van der Waals surface area (Å²) in [7, 11) is 1.54. The predicted octanol–water partition coefficient (Wildman–Crippen LogP) is 21.4. The minimum atomic E-state index is -4.37. The summed E-state index contributed by atoms with van der Waals surface area (Å²) in [6.45, 7) is 4.69. The molecule has 8 nitrogen and oxygen atoms in total. The topological polar surface area (TPSA) is 105 Å². The van der Waals surface area contributed by atoms with Crippen molar-refractivity contribution in [3.63, 3.8) is 0 Å². The van der Waals surface area contributed by atoms with Gasteiger partial charge in [0.15, 0.2) is 0 Å². The van der Waals surface area contributed by atoms with Crippen LogP contribution in [0.15, 0.2) is 134 Å². The van der Waals surface area contributed by atoms with Gasteiger partial charge in [-0.05, 0) is 103 Å². The van der Waals surface area contributed by atoms with E-state index in [-0.39, 0.29) is 19.1 Å². The van der Waals surface area contributed by atoms with Crippen LogP contribution in [0, 0.1) is 0 Å². The number of hydrogen-bond acceptors (Lipinski definition) is 5. The molecule has 0 saturated carbocycles. The number of carbonyl (C=O) groups is 1. The maximum atomic E-state index is 13.0. The normalized spacial score (nSPS) is 14.6. The molecule has 0 bridgehead atoms. The van der Waals surface area contributed by atoms with Gasteiger partial charge < -0.3 is 19.8 Å². The molecule has 0 aromatic rings. The Kier molecular flexibility index (Phi) is 59.6. The Labute approximate surface area is 506 Å². The van der Waals surface area contributed by atoms with E-state index in [0.717, 1.165) is 96.3 Å². The Balaban J connectivity index is 4.15. The summed E-state index contributed by atoms with van der Waals surface area (Å²) in [5, 5.41) is 14.0. The molecule has 3 N–H and O–H groups in total. The van der Waals surface area contributed by atoms with Crippen molar-refractivity contribution in [1.82, 2.24) is 5.32 Å². The molecule has 0 aliphatic heterocycles. The first kappa shape index (κ1) is 78.6. The van der Waals surface area contributed by atoms with Crippen LogP contribution < -0.4 is 5.32 Å². The second kappa shape index (κ2) is 62.2. The van der Waals surface area contributed by atoms with Crippen LogP contribution in [-0.4, -0.2) is 73.4 Å². The highest BCUT2D eigenvalue weighted by atomic mass is 31.2. The van der Waals surface area contributed by atoms with E-state index < -0.39 is 20.0 Å². The van der Waals surface area contributed by atoms with Crippen molar-refractivity contribution in [1.29, 1.82) is 0 Å². The average molecular weight is 1160 g/mol. The molecule has 9 heteroatoms. The standard InChI is InChI=1S/C73H127N2O6P/c1-6-8-10-12-14-16-18-20-22-24-26-28-29-30-31-32-33-34-35-36-37-38-39-40-41-42-43-44-45-47-49-51-53-55-57-59-61-63-65-67-73(77)74-71(70-81-82(78,79)80-69-68-75(3,4)5)72(76)66-64-62-60-58-56-54-52-50-48-46-27-25-23-21-19-17-15-13-11-9-7-2/h8,10,14,16,20,22,26,28,30-31,33-34,36-37,39-40,42-43,56,58,64,66,71-72,76H,6-7,9,11-13,15,17-19,21,23-25,27,29,32,35,38,41,44-55,57,59-63,65,67-70H2,1-5H3,(H-,74,77,78,79)/p+1/b10-8-,16-14-,22-20-,28-26-,31-30-,34-33-,37-36-,40-39-,43-42-,58-56+,66-64+. The Bertz CT molecular complexity index is 1800. The van der Waals surface area contributed by atoms with Gasteiger partial charge in [-0.3, -0.25) is 13.8 Å². The third-order valence-electron chi connectivity index (χ3n) is 14.4. The number of hydrogen-bond donors (Lipinski definition) is 3. The lowest BCUT2D eigenvalue weighted by molar-refractivity contribution is -0.870. The van der Waals surface area contributed by atoms with Gasteiger partial charge in [-0.1, -0.05) is 295 Å². The number of likely N-dealkylation sites (N-methyl/N-ethyl adjacent to an activating group) is 1. The maximum Gasteiger partial charge on any atom is 0.472 e. The highest BCUT2D eigenvalue weighted by Crippen LogP contribution is 2.43. The van der Waals surface area contributed by atoms with Crippen LogP contribution in [-0.2, 0) is 18.4 Å². The number of rotatable bonds is 60. The van der Waals surface area contributed by atoms with Crippen molar-refractivity contribution in [2.24, 2.45) is 0 Å². The molecule has 0 fully saturated rings. The second-order valence-electron chi connectivity index (χ2n) is 23.5. The summed E-state index contributed by atoms with van der Waals surface area (Å²) in [4.78, 5) is 23.4. The van der Waals surface area contributed by atoms with Crippen molar-refractivity contribution in [3.8, 4) is 0 Å². The van der Waals surface area contributed by atoms with Crippen molar-refractivity contribution >= 4 is 13.7 Å². The van der Waals surface area contributed by atoms with Crippen molar-refractivity contribution in [2.45, 2.75) is 283 Å². The van der Waals surface area contributed by atoms with Gasteiger partial charge in [-0.2, -0.15) is 0 Å². The summed E-state index contributed by atoms with van der Waals surface area (Å²) >= 11 is 0. The Hall–Kier alpha value is -3.36. The van der Waals surface area contributed by atoms with E-state index in [0.29, 0.717) is 17.4 Å². The van der Waals surface area contributed by atoms with E-state index in [1.807, 2.05) is 27.2 Å². The average Bonchev–Trinajstić information content (AvgIpc) is 3.46. The number of allylic oxidation sites excluding steroid dienone is 21. The molecule has 3 unspecified atom stereocenters. The molecule has 0 saturated heterocycles. The number of quaternary nitrogens is 1. The molecule has 3 atom stereocenters. The molecule has 0 spiro atoms. The zero-order valence-corrected chi connectivity index (χ0v) is 54.6. The summed E-state index contributed by atoms with van der Waals surface area (Å²) in [6, 6.07) is -0.875. The van der Waals surface area contributed by atoms with Gasteiger partial charge in [-0.15, -0.1) is 0 Å². The second-order valence-corrected chi connectivity index (χ2v) is 24.9. The van der Waals surface area contributed by atoms with Gasteiger partial charge in [0.05, 0.1) is 39.9 Å². The van der Waals surface area contributed by atoms with Crippen LogP contribution in [0.1, 0.15) is 271 Å². The van der Waals surface area contributed by atoms with Crippen molar-refractivity contribution in [3.05, 3.63) is 134 Å². The molecule has 0 aliphatic rings. The van der Waals surface area contributed by atoms with Gasteiger partial charge in [0.1, 0.15) is 13.2 Å². The van der Waals surface area contributed by atoms with Crippen LogP contribution in [0.3, 0.4) is 0 Å². The van der Waals surface area contributed by atoms with Crippen LogP contribution in [0.25, 0.3) is 0 Å². The summed E-state index contributed by atoms with van der Waals surface area (Å²) in [5.74, 6) is -0.193. The quantitative estimate of drug-likeness (QED) is 0.0243. The van der Waals surface area contributed by atoms with E-state index in [9.17, 15) is 19.4 Å². The third-order valence-corrected chi connectivity index (χ3v) is 15.3. The SMILES string of the molecule is CC/C=C\C/C=C\C/C=C\C/C=C\C/C=C\C/C=C\C/C=C\C/C=C\C/C=C\CCCCCCCCCCCCCC(=O)NC(COP(=O)(O)OCC[N+](C)(C)C)C(O)/C=C/CC/C=C/CCCCCCCCCCCCCCCCC. The summed E-state index contributed by atoms with van der Waals surface area (Å²) in [6.07, 6.45) is 94.4. The lowest BCUT2D eigenvalue weighted by Gasteiger charge is -2.25. The first-order valence-corrected chi connectivity index (χ1v) is 35.1. The predicted molar refractivity (Wildman–Crippen MR) is 359 cm³/mol. The van der Waals surface area contributed by atoms with Gasteiger partial charge >= 0.3 is 7.82 Å². The highest BCUT2D eigenvalue weighted by molar-refractivity contribution is 7.47. The lowest BCUT2D eigenvalue weighted by atomic mass is 10.0. The molecule has 0 heterocycles. The lowest BCUT2D eigenvalue weighted by Crippen LogP contribution is -2.45. The molecule has 82 heavy (non-hydrogen) atoms. The van der Waals surface area contributed by atoms with Crippen molar-refractivity contribution < 1.29 is 32.9 Å². The van der Waals surface area contributed by atoms with Crippen LogP contribution in [0.4, 0.5) is 0 Å². The molecular formula is C73H128N2O6P+. The van der Waals surface area contributed by atoms with E-state index in [1.165, 1.54) is 154 Å². The fourth-order valence-corrected chi connectivity index (χ4v) is 9.91. The minimum absolute atomic E-state index is 0.0501. The fourth-order valence-electron chi connectivity index (χ4n) is 9.17. The molecule has 0 aromatic carbocycles. The summed E-state index contributed by atoms with van der Waals surface area (Å²) in [5.41, 5.74) is 0. The number of amides is 1. The number of phosphoric acid groups is 1. The van der Waals surface area contributed by atoms with E-state index in [1.54, 1.807) is 6.08 Å². The number of aliphatic hydroxyl groups excluding tert-OH is 1. The number of carbonyl (C=O) groups excluding carboxylic acids is 1. The monoisotopic (exact) mass is 1160 g/mol. The maximum absolute atomic E-state index is 13.0. The number of phosphoric ester groups is 1. The first-order valence-electron chi connectivity index (χ1n) is 33.6. The minimum Gasteiger partial charge on any atom is -0.387 e. The van der Waals surface area contributed by atoms with Gasteiger partial charge in [-0.25, -0.2) is 4.57 Å². The first-order chi connectivity index (χ1) is 40.0. The molecule has 0 aromatic heterocycles. The van der Waals surface area contributed by atoms with E-state index in [4.69, 9.17) is 9.05 Å². The largest absolute Gasteiger partial charge is 0.472 e. The van der Waals surface area contributed by atoms with Crippen LogP contribution in [0.2, 0.25) is 0 Å². The Morgan fingerprint density at radius 2 is 0.744 bits per heavy atom. The van der Waals surface area contributed by atoms with Gasteiger partial charge in [0, 0.05) is 6.42 Å². The molecular weight excluding hydrogens is 1030 g/mol. The number of nitrogens with one attached hydrogen (secondary N) is 1.